The SMILES string of the molecule is CN[C@@H](C)C(=O)N[C@H](C(=O)NCC(=O)N1C=CN(C(F)(F)C(F)(F)c2c(F)c(F)c(F)c(F)c2F)C(=O)[C@@H]1Cc1ccc(OCc2ccccc2)cc1)C(C)(C)C. The molecule has 308 valence electrons. The Balaban J connectivity index is 1.67. The molecule has 57 heavy (non-hydrogen) atoms. The van der Waals surface area contributed by atoms with Crippen LogP contribution >= 0.6 is 0 Å². The van der Waals surface area contributed by atoms with Crippen LogP contribution in [0.4, 0.5) is 39.5 Å². The van der Waals surface area contributed by atoms with Crippen LogP contribution < -0.4 is 20.7 Å². The van der Waals surface area contributed by atoms with E-state index in [1.54, 1.807) is 51.1 Å². The third-order valence-electron chi connectivity index (χ3n) is 8.98. The number of carbonyl (C=O) groups excluding carboxylic acids is 4. The van der Waals surface area contributed by atoms with Gasteiger partial charge in [0.05, 0.1) is 12.6 Å². The van der Waals surface area contributed by atoms with Gasteiger partial charge in [-0.25, -0.2) is 26.9 Å². The number of hydrogen-bond donors (Lipinski definition) is 3. The summed E-state index contributed by atoms with van der Waals surface area (Å²) < 4.78 is 138. The van der Waals surface area contributed by atoms with Crippen molar-refractivity contribution in [2.45, 2.75) is 70.8 Å². The summed E-state index contributed by atoms with van der Waals surface area (Å²) in [5.41, 5.74) is -3.14. The third-order valence-corrected chi connectivity index (χ3v) is 8.98. The molecule has 0 aliphatic carbocycles. The molecule has 4 rings (SSSR count). The maximum Gasteiger partial charge on any atom is 0.399 e. The van der Waals surface area contributed by atoms with Crippen molar-refractivity contribution in [2.24, 2.45) is 5.41 Å². The summed E-state index contributed by atoms with van der Waals surface area (Å²) in [5.74, 6) is -25.7. The molecule has 1 aliphatic rings. The number of carbonyl (C=O) groups is 4. The van der Waals surface area contributed by atoms with Gasteiger partial charge in [-0.3, -0.25) is 19.2 Å². The lowest BCUT2D eigenvalue weighted by atomic mass is 9.86. The van der Waals surface area contributed by atoms with Gasteiger partial charge in [0.25, 0.3) is 5.91 Å². The van der Waals surface area contributed by atoms with Crippen LogP contribution in [0.3, 0.4) is 0 Å². The number of alkyl halides is 4. The lowest BCUT2D eigenvalue weighted by molar-refractivity contribution is -0.279. The van der Waals surface area contributed by atoms with Crippen LogP contribution in [0, 0.1) is 34.5 Å². The Morgan fingerprint density at radius 2 is 1.35 bits per heavy atom. The highest BCUT2D eigenvalue weighted by Gasteiger charge is 2.66. The van der Waals surface area contributed by atoms with Crippen molar-refractivity contribution in [1.82, 2.24) is 25.8 Å². The van der Waals surface area contributed by atoms with Crippen molar-refractivity contribution in [3.63, 3.8) is 0 Å². The molecule has 10 nitrogen and oxygen atoms in total. The van der Waals surface area contributed by atoms with E-state index >= 15 is 17.6 Å². The average Bonchev–Trinajstić information content (AvgIpc) is 3.17. The topological polar surface area (TPSA) is 120 Å². The highest BCUT2D eigenvalue weighted by Crippen LogP contribution is 2.49. The van der Waals surface area contributed by atoms with E-state index < -0.39 is 112 Å². The molecule has 1 heterocycles. The molecule has 3 aromatic rings. The van der Waals surface area contributed by atoms with E-state index in [4.69, 9.17) is 4.74 Å². The van der Waals surface area contributed by atoms with Gasteiger partial charge in [-0.15, -0.1) is 0 Å². The molecule has 0 spiro atoms. The van der Waals surface area contributed by atoms with E-state index in [1.807, 2.05) is 0 Å². The quantitative estimate of drug-likeness (QED) is 0.0838. The van der Waals surface area contributed by atoms with Gasteiger partial charge in [0.15, 0.2) is 23.3 Å². The molecular weight excluding hydrogens is 777 g/mol. The first-order chi connectivity index (χ1) is 26.5. The van der Waals surface area contributed by atoms with Gasteiger partial charge >= 0.3 is 12.0 Å². The average molecular weight is 816 g/mol. The summed E-state index contributed by atoms with van der Waals surface area (Å²) in [4.78, 5) is 52.7. The van der Waals surface area contributed by atoms with Crippen LogP contribution in [0.1, 0.15) is 44.4 Å². The summed E-state index contributed by atoms with van der Waals surface area (Å²) in [6, 6.07) is 4.50. The number of rotatable bonds is 14. The largest absolute Gasteiger partial charge is 0.489 e. The lowest BCUT2D eigenvalue weighted by Gasteiger charge is -2.41. The molecule has 0 bridgehead atoms. The van der Waals surface area contributed by atoms with Gasteiger partial charge in [-0.05, 0) is 42.6 Å². The summed E-state index contributed by atoms with van der Waals surface area (Å²) >= 11 is 0. The van der Waals surface area contributed by atoms with E-state index in [1.165, 1.54) is 38.2 Å². The minimum atomic E-state index is -6.24. The number of benzene rings is 3. The third kappa shape index (κ3) is 9.35. The molecule has 3 N–H and O–H groups in total. The molecule has 0 radical (unpaired) electrons. The predicted molar refractivity (Wildman–Crippen MR) is 186 cm³/mol. The molecule has 1 aliphatic heterocycles. The van der Waals surface area contributed by atoms with E-state index in [2.05, 4.69) is 16.0 Å². The molecule has 0 unspecified atom stereocenters. The van der Waals surface area contributed by atoms with Crippen molar-refractivity contribution in [3.05, 3.63) is 113 Å². The van der Waals surface area contributed by atoms with Crippen LogP contribution in [0.2, 0.25) is 0 Å². The van der Waals surface area contributed by atoms with Crippen LogP contribution in [-0.4, -0.2) is 71.2 Å². The maximum atomic E-state index is 15.7. The smallest absolute Gasteiger partial charge is 0.399 e. The zero-order chi connectivity index (χ0) is 42.6. The number of ether oxygens (including phenoxy) is 1. The standard InChI is InChI=1S/C38H38F9N5O5/c1-20(48-5)33(54)50-32(36(2,3)4)34(55)49-18-25(53)51-15-16-52(38(46,47)37(44,45)26-27(39)29(41)31(43)30(42)28(26)40)35(56)24(51)17-21-11-13-23(14-12-21)57-19-22-9-7-6-8-10-22/h6-16,20,24,32,48H,17-19H2,1-5H3,(H,49,55)(H,50,54)/t20-,24-,32+/m0/s1. The Kier molecular flexibility index (Phi) is 13.4. The number of nitrogens with one attached hydrogen (secondary N) is 3. The second kappa shape index (κ2) is 17.3. The summed E-state index contributed by atoms with van der Waals surface area (Å²) in [6.45, 7) is 5.59. The van der Waals surface area contributed by atoms with Gasteiger partial charge in [-0.1, -0.05) is 63.2 Å². The Morgan fingerprint density at radius 3 is 1.89 bits per heavy atom. The number of nitrogens with zero attached hydrogens (tertiary/aromatic N) is 2. The predicted octanol–water partition coefficient (Wildman–Crippen LogP) is 5.65. The zero-order valence-corrected chi connectivity index (χ0v) is 31.0. The van der Waals surface area contributed by atoms with Crippen molar-refractivity contribution < 1.29 is 63.4 Å². The highest BCUT2D eigenvalue weighted by atomic mass is 19.3. The number of amides is 4. The van der Waals surface area contributed by atoms with Crippen LogP contribution in [0.5, 0.6) is 5.75 Å². The molecule has 3 atom stereocenters. The fourth-order valence-electron chi connectivity index (χ4n) is 5.57. The monoisotopic (exact) mass is 815 g/mol. The Hall–Kier alpha value is -5.59. The molecule has 19 heteroatoms. The van der Waals surface area contributed by atoms with Gasteiger partial charge in [0, 0.05) is 18.8 Å². The fourth-order valence-corrected chi connectivity index (χ4v) is 5.57. The van der Waals surface area contributed by atoms with Crippen molar-refractivity contribution in [1.29, 1.82) is 0 Å². The lowest BCUT2D eigenvalue weighted by Crippen LogP contribution is -2.62. The van der Waals surface area contributed by atoms with Crippen LogP contribution in [0.25, 0.3) is 0 Å². The molecular formula is C38H38F9N5O5. The van der Waals surface area contributed by atoms with Crippen LogP contribution in [0.15, 0.2) is 67.0 Å². The first-order valence-corrected chi connectivity index (χ1v) is 17.2. The number of hydrogen-bond acceptors (Lipinski definition) is 6. The Labute approximate surface area is 321 Å². The van der Waals surface area contributed by atoms with Crippen molar-refractivity contribution >= 4 is 23.6 Å². The zero-order valence-electron chi connectivity index (χ0n) is 31.0. The number of likely N-dealkylation sites (N-methyl/N-ethyl adjacent to an activating group) is 1. The van der Waals surface area contributed by atoms with E-state index in [-0.39, 0.29) is 18.4 Å². The summed E-state index contributed by atoms with van der Waals surface area (Å²) in [5, 5.41) is 7.56. The molecule has 4 amide bonds. The normalized spacial score (nSPS) is 16.0. The Bertz CT molecular complexity index is 1980. The van der Waals surface area contributed by atoms with Crippen molar-refractivity contribution in [3.8, 4) is 5.75 Å². The van der Waals surface area contributed by atoms with Gasteiger partial charge in [0.2, 0.25) is 23.5 Å². The molecule has 0 saturated carbocycles. The number of halogens is 9. The molecule has 0 aromatic heterocycles. The first kappa shape index (κ1) is 44.1. The Morgan fingerprint density at radius 1 is 0.789 bits per heavy atom. The van der Waals surface area contributed by atoms with Crippen molar-refractivity contribution in [2.75, 3.05) is 13.6 Å². The van der Waals surface area contributed by atoms with E-state index in [0.29, 0.717) is 16.8 Å². The van der Waals surface area contributed by atoms with Gasteiger partial charge in [0.1, 0.15) is 30.0 Å². The minimum Gasteiger partial charge on any atom is -0.489 e. The van der Waals surface area contributed by atoms with Gasteiger partial charge in [-0.2, -0.15) is 17.6 Å². The first-order valence-electron chi connectivity index (χ1n) is 17.2. The van der Waals surface area contributed by atoms with Crippen LogP contribution in [-0.2, 0) is 38.1 Å². The molecule has 0 saturated heterocycles. The van der Waals surface area contributed by atoms with E-state index in [0.717, 1.165) is 5.56 Å². The summed E-state index contributed by atoms with van der Waals surface area (Å²) in [7, 11) is 1.50. The second-order valence-corrected chi connectivity index (χ2v) is 14.0. The molecule has 0 fully saturated rings. The fraction of sp³-hybridized carbons (Fsp3) is 0.368. The second-order valence-electron chi connectivity index (χ2n) is 14.0. The molecule has 3 aromatic carbocycles. The maximum absolute atomic E-state index is 15.7. The minimum absolute atomic E-state index is 0.0314. The van der Waals surface area contributed by atoms with E-state index in [9.17, 15) is 41.1 Å². The summed E-state index contributed by atoms with van der Waals surface area (Å²) in [6.07, 6.45) is -0.237. The van der Waals surface area contributed by atoms with Gasteiger partial charge < -0.3 is 25.6 Å². The highest BCUT2D eigenvalue weighted by molar-refractivity contribution is 5.95.